The molecular weight excluding hydrogens is 1260 g/mol. The summed E-state index contributed by atoms with van der Waals surface area (Å²) in [6.07, 6.45) is 11.8. The first kappa shape index (κ1) is 65.1. The van der Waals surface area contributed by atoms with Gasteiger partial charge in [0, 0.05) is 29.4 Å². The Hall–Kier alpha value is -7.95. The quantitative estimate of drug-likeness (QED) is 0.0271. The topological polar surface area (TPSA) is 152 Å². The molecule has 4 bridgehead atoms. The van der Waals surface area contributed by atoms with Crippen molar-refractivity contribution in [3.63, 3.8) is 0 Å². The van der Waals surface area contributed by atoms with Crippen LogP contribution in [0.5, 0.6) is 34.5 Å². The Labute approximate surface area is 533 Å². The van der Waals surface area contributed by atoms with Crippen molar-refractivity contribution in [2.75, 3.05) is 14.2 Å². The molecule has 0 heterocycles. The van der Waals surface area contributed by atoms with E-state index >= 15 is 17.6 Å². The van der Waals surface area contributed by atoms with Crippen molar-refractivity contribution in [3.05, 3.63) is 230 Å². The van der Waals surface area contributed by atoms with Crippen molar-refractivity contribution in [2.24, 2.45) is 11.8 Å². The molecule has 12 rings (SSSR count). The number of carbonyl (C=O) groups is 1. The summed E-state index contributed by atoms with van der Waals surface area (Å²) in [4.78, 5) is 13.8. The summed E-state index contributed by atoms with van der Waals surface area (Å²) < 4.78 is 210. The second kappa shape index (κ2) is 25.7. The molecule has 6 unspecified atom stereocenters. The molecular formula is C72H64F8O11S2. The van der Waals surface area contributed by atoms with E-state index in [0.717, 1.165) is 93.2 Å². The van der Waals surface area contributed by atoms with Crippen molar-refractivity contribution in [3.8, 4) is 45.6 Å². The largest absolute Gasteiger partial charge is 0.457 e. The van der Waals surface area contributed by atoms with E-state index in [4.69, 9.17) is 23.1 Å². The van der Waals surface area contributed by atoms with E-state index in [2.05, 4.69) is 24.3 Å². The van der Waals surface area contributed by atoms with Gasteiger partial charge in [-0.2, -0.15) is 25.6 Å². The van der Waals surface area contributed by atoms with E-state index in [1.165, 1.54) is 60.9 Å². The molecule has 486 valence electrons. The number of rotatable bonds is 19. The van der Waals surface area contributed by atoms with E-state index in [1.807, 2.05) is 24.3 Å². The zero-order valence-electron chi connectivity index (χ0n) is 50.8. The van der Waals surface area contributed by atoms with Gasteiger partial charge in [-0.15, -0.1) is 0 Å². The van der Waals surface area contributed by atoms with Crippen molar-refractivity contribution in [1.29, 1.82) is 0 Å². The molecule has 0 aromatic heterocycles. The van der Waals surface area contributed by atoms with Crippen molar-refractivity contribution in [1.82, 2.24) is 0 Å². The van der Waals surface area contributed by atoms with Crippen molar-refractivity contribution < 1.29 is 84.4 Å². The number of benzene rings is 8. The van der Waals surface area contributed by atoms with Crippen LogP contribution in [0.2, 0.25) is 0 Å². The first-order chi connectivity index (χ1) is 44.4. The second-order valence-electron chi connectivity index (χ2n) is 25.2. The first-order valence-corrected chi connectivity index (χ1v) is 33.6. The van der Waals surface area contributed by atoms with Crippen LogP contribution in [0.25, 0.3) is 11.1 Å². The van der Waals surface area contributed by atoms with Gasteiger partial charge in [0.05, 0.1) is 24.8 Å². The fourth-order valence-electron chi connectivity index (χ4n) is 15.1. The van der Waals surface area contributed by atoms with Crippen LogP contribution in [0.3, 0.4) is 0 Å². The number of hydrogen-bond donors (Lipinski definition) is 1. The molecule has 0 radical (unpaired) electrons. The molecule has 21 heteroatoms. The zero-order valence-corrected chi connectivity index (χ0v) is 52.4. The van der Waals surface area contributed by atoms with Gasteiger partial charge in [-0.3, -0.25) is 13.5 Å². The Bertz CT molecular complexity index is 4380. The van der Waals surface area contributed by atoms with Crippen LogP contribution in [0.4, 0.5) is 35.1 Å². The van der Waals surface area contributed by atoms with E-state index in [0.29, 0.717) is 49.2 Å². The van der Waals surface area contributed by atoms with Gasteiger partial charge >= 0.3 is 0 Å². The third-order valence-corrected chi connectivity index (χ3v) is 21.4. The predicted octanol–water partition coefficient (Wildman–Crippen LogP) is 18.3. The molecule has 0 amide bonds. The SMILES string of the molecule is COCc1ccc(C23CCCC(CC(c4ccc(Oc5ccc(C(=O)c6ccc(Oc7ccc(C89CCCC(CC(c%10ccc(Oc%11c(F)c(F)c(-c%12c(F)c(F)c(C)c(F)c%12F)c(F)c%11F)cc%10)C8)C9)cc7)c(CS(=O)(=O)O)c6)cc5S(=O)(=O)OC)cc4)C2)C3)cc1. The number of halogens is 8. The van der Waals surface area contributed by atoms with Crippen molar-refractivity contribution >= 4 is 26.0 Å². The highest BCUT2D eigenvalue weighted by Crippen LogP contribution is 2.57. The maximum Gasteiger partial charge on any atom is 0.300 e. The molecule has 93 heavy (non-hydrogen) atoms. The fourth-order valence-corrected chi connectivity index (χ4v) is 16.5. The summed E-state index contributed by atoms with van der Waals surface area (Å²) in [5.74, 6) is -19.4. The molecule has 0 spiro atoms. The summed E-state index contributed by atoms with van der Waals surface area (Å²) >= 11 is 0. The highest BCUT2D eigenvalue weighted by Gasteiger charge is 2.46. The van der Waals surface area contributed by atoms with E-state index in [-0.39, 0.29) is 50.7 Å². The van der Waals surface area contributed by atoms with E-state index < -0.39 is 106 Å². The van der Waals surface area contributed by atoms with Gasteiger partial charge in [0.15, 0.2) is 40.7 Å². The van der Waals surface area contributed by atoms with Gasteiger partial charge in [-0.05, 0) is 193 Å². The first-order valence-electron chi connectivity index (χ1n) is 30.6. The normalized spacial score (nSPS) is 21.3. The average molecular weight is 1320 g/mol. The monoisotopic (exact) mass is 1320 g/mol. The molecule has 4 fully saturated rings. The molecule has 1 N–H and O–H groups in total. The minimum absolute atomic E-state index is 0.00779. The van der Waals surface area contributed by atoms with Crippen LogP contribution in [-0.2, 0) is 52.3 Å². The molecule has 11 nitrogen and oxygen atoms in total. The van der Waals surface area contributed by atoms with E-state index in [1.54, 1.807) is 43.5 Å². The van der Waals surface area contributed by atoms with Crippen LogP contribution >= 0.6 is 0 Å². The minimum atomic E-state index is -4.71. The third-order valence-electron chi connectivity index (χ3n) is 19.4. The summed E-state index contributed by atoms with van der Waals surface area (Å²) in [7, 11) is -6.51. The second-order valence-corrected chi connectivity index (χ2v) is 28.4. The standard InChI is InChI=1S/C72H64F8O11S2/c1-40-61(73)63(75)59(64(76)62(40)74)60-65(77)67(79)70(68(80)66(60)78)91-55-22-12-45(13-23-55)49-31-43-7-5-29-72(35-43,37-49)52-18-24-54(25-19-52)89-56-26-14-46(32-50(56)39-92(82,83)84)69(81)47-15-27-57(58(33-47)93(85,86)88-3)90-53-20-10-44(11-21-53)48-30-42-6-4-28-71(34-42,36-48)51-16-8-41(9-17-51)38-87-2/h8-27,32-33,42-43,48-49H,4-7,28-31,34-39H2,1-3H3,(H,82,83,84). The number of fused-ring (bicyclic) bond motifs is 4. The maximum atomic E-state index is 15.4. The lowest BCUT2D eigenvalue weighted by Gasteiger charge is -2.49. The summed E-state index contributed by atoms with van der Waals surface area (Å²) in [6.45, 7) is 1.22. The number of methoxy groups -OCH3 is 1. The number of ketones is 1. The Morgan fingerprint density at radius 2 is 0.968 bits per heavy atom. The number of hydrogen-bond acceptors (Lipinski definition) is 10. The van der Waals surface area contributed by atoms with Gasteiger partial charge in [0.2, 0.25) is 17.4 Å². The smallest absolute Gasteiger partial charge is 0.300 e. The molecule has 4 aliphatic carbocycles. The molecule has 8 aromatic rings. The Kier molecular flexibility index (Phi) is 18.0. The lowest BCUT2D eigenvalue weighted by Crippen LogP contribution is -2.39. The van der Waals surface area contributed by atoms with Gasteiger partial charge < -0.3 is 18.9 Å². The summed E-state index contributed by atoms with van der Waals surface area (Å²) in [6, 6.07) is 37.5. The van der Waals surface area contributed by atoms with Crippen LogP contribution in [0.1, 0.15) is 144 Å². The molecule has 6 atom stereocenters. The fraction of sp³-hybridized carbons (Fsp3) is 0.319. The molecule has 4 saturated carbocycles. The summed E-state index contributed by atoms with van der Waals surface area (Å²) in [5, 5.41) is 0. The molecule has 4 aliphatic rings. The Morgan fingerprint density at radius 1 is 0.527 bits per heavy atom. The number of ether oxygens (including phenoxy) is 4. The average Bonchev–Trinajstić information content (AvgIpc) is 0.741. The number of carbonyl (C=O) groups excluding carboxylic acids is 1. The lowest BCUT2D eigenvalue weighted by atomic mass is 9.55. The Morgan fingerprint density at radius 3 is 1.45 bits per heavy atom. The van der Waals surface area contributed by atoms with Crippen molar-refractivity contribution in [2.45, 2.75) is 124 Å². The highest BCUT2D eigenvalue weighted by molar-refractivity contribution is 7.86. The van der Waals surface area contributed by atoms with Crippen LogP contribution in [0, 0.1) is 65.3 Å². The predicted molar refractivity (Wildman–Crippen MR) is 330 cm³/mol. The van der Waals surface area contributed by atoms with E-state index in [9.17, 15) is 43.7 Å². The summed E-state index contributed by atoms with van der Waals surface area (Å²) in [5.41, 5.74) is -0.111. The van der Waals surface area contributed by atoms with Gasteiger partial charge in [-0.1, -0.05) is 86.3 Å². The van der Waals surface area contributed by atoms with Crippen LogP contribution in [-0.4, -0.2) is 41.4 Å². The zero-order chi connectivity index (χ0) is 65.9. The van der Waals surface area contributed by atoms with Gasteiger partial charge in [0.25, 0.3) is 20.2 Å². The van der Waals surface area contributed by atoms with Crippen LogP contribution < -0.4 is 14.2 Å². The molecule has 8 aromatic carbocycles. The lowest BCUT2D eigenvalue weighted by molar-refractivity contribution is 0.103. The third kappa shape index (κ3) is 12.9. The van der Waals surface area contributed by atoms with Gasteiger partial charge in [0.1, 0.15) is 39.4 Å². The molecule has 0 aliphatic heterocycles. The van der Waals surface area contributed by atoms with Crippen LogP contribution in [0.15, 0.2) is 138 Å². The maximum absolute atomic E-state index is 15.4. The molecule has 0 saturated heterocycles. The highest BCUT2D eigenvalue weighted by atomic mass is 32.2. The van der Waals surface area contributed by atoms with Gasteiger partial charge in [-0.25, -0.2) is 26.3 Å². The minimum Gasteiger partial charge on any atom is -0.457 e. The Balaban J connectivity index is 0.731.